The molecule has 0 amide bonds. The number of hydrogen-bond donors (Lipinski definition) is 0. The van der Waals surface area contributed by atoms with Crippen LogP contribution >= 0.6 is 0 Å². The van der Waals surface area contributed by atoms with E-state index in [0.29, 0.717) is 0 Å². The second kappa shape index (κ2) is 7.55. The molecule has 0 unspecified atom stereocenters. The van der Waals surface area contributed by atoms with Crippen LogP contribution in [0.3, 0.4) is 0 Å². The number of hydrogen-bond acceptors (Lipinski definition) is 1. The Morgan fingerprint density at radius 2 is 1.51 bits per heavy atom. The minimum atomic E-state index is 0.180. The van der Waals surface area contributed by atoms with Crippen molar-refractivity contribution >= 4 is 21.9 Å². The van der Waals surface area contributed by atoms with Crippen LogP contribution in [0.4, 0.5) is 0 Å². The monoisotopic (exact) mass is 460 g/mol. The Hall–Kier alpha value is -3.39. The van der Waals surface area contributed by atoms with Crippen LogP contribution in [0.25, 0.3) is 44.3 Å². The normalized spacial score (nSPS) is 16.5. The van der Waals surface area contributed by atoms with Gasteiger partial charge in [-0.05, 0) is 71.0 Å². The van der Waals surface area contributed by atoms with Gasteiger partial charge in [0.05, 0.1) is 0 Å². The molecule has 2 heterocycles. The summed E-state index contributed by atoms with van der Waals surface area (Å²) in [7, 11) is 2.10. The predicted molar refractivity (Wildman–Crippen MR) is 146 cm³/mol. The molecule has 0 fully saturated rings. The highest BCUT2D eigenvalue weighted by Crippen LogP contribution is 2.47. The van der Waals surface area contributed by atoms with Crippen molar-refractivity contribution in [2.24, 2.45) is 7.05 Å². The molecular formula is C33H34NO+. The lowest BCUT2D eigenvalue weighted by molar-refractivity contribution is -0.660. The first-order valence-electron chi connectivity index (χ1n) is 12.7. The number of rotatable bonds is 2. The van der Waals surface area contributed by atoms with Gasteiger partial charge in [-0.25, -0.2) is 4.57 Å². The van der Waals surface area contributed by atoms with Crippen LogP contribution in [-0.2, 0) is 17.9 Å². The van der Waals surface area contributed by atoms with Crippen LogP contribution in [0.1, 0.15) is 57.2 Å². The van der Waals surface area contributed by atoms with Crippen molar-refractivity contribution in [1.29, 1.82) is 0 Å². The SMILES string of the molecule is Cc1cc2oc3c(-c4ccc5c(c4)C(C)(C)CCC5(C)C)cccc3c2cc1-c1cccc[n+]1C. The van der Waals surface area contributed by atoms with Gasteiger partial charge in [0, 0.05) is 34.0 Å². The van der Waals surface area contributed by atoms with Crippen molar-refractivity contribution in [1.82, 2.24) is 0 Å². The van der Waals surface area contributed by atoms with Gasteiger partial charge in [0.1, 0.15) is 18.2 Å². The third-order valence-electron chi connectivity index (χ3n) is 8.34. The molecule has 2 heteroatoms. The molecule has 2 nitrogen and oxygen atoms in total. The Bertz CT molecular complexity index is 1620. The fourth-order valence-corrected chi connectivity index (χ4v) is 6.01. The van der Waals surface area contributed by atoms with Crippen molar-refractivity contribution in [2.45, 2.75) is 58.3 Å². The van der Waals surface area contributed by atoms with Crippen LogP contribution in [0.15, 0.2) is 77.3 Å². The van der Waals surface area contributed by atoms with E-state index in [1.165, 1.54) is 62.7 Å². The summed E-state index contributed by atoms with van der Waals surface area (Å²) in [6.07, 6.45) is 4.54. The lowest BCUT2D eigenvalue weighted by Gasteiger charge is -2.42. The topological polar surface area (TPSA) is 17.0 Å². The van der Waals surface area contributed by atoms with E-state index in [1.54, 1.807) is 0 Å². The van der Waals surface area contributed by atoms with Crippen LogP contribution < -0.4 is 4.57 Å². The smallest absolute Gasteiger partial charge is 0.212 e. The van der Waals surface area contributed by atoms with Gasteiger partial charge in [-0.3, -0.25) is 0 Å². The van der Waals surface area contributed by atoms with Crippen molar-refractivity contribution in [3.8, 4) is 22.4 Å². The molecule has 0 bridgehead atoms. The van der Waals surface area contributed by atoms with Crippen molar-refractivity contribution in [3.05, 3.63) is 89.6 Å². The highest BCUT2D eigenvalue weighted by atomic mass is 16.3. The first-order valence-corrected chi connectivity index (χ1v) is 12.7. The molecular weight excluding hydrogens is 426 g/mol. The molecule has 0 saturated heterocycles. The first kappa shape index (κ1) is 22.1. The first-order chi connectivity index (χ1) is 16.7. The molecule has 5 aromatic rings. The highest BCUT2D eigenvalue weighted by molar-refractivity contribution is 6.10. The molecule has 0 saturated carbocycles. The molecule has 0 atom stereocenters. The third kappa shape index (κ3) is 3.42. The van der Waals surface area contributed by atoms with E-state index >= 15 is 0 Å². The van der Waals surface area contributed by atoms with Crippen molar-refractivity contribution < 1.29 is 8.98 Å². The molecule has 0 N–H and O–H groups in total. The Balaban J connectivity index is 1.57. The van der Waals surface area contributed by atoms with Gasteiger partial charge in [0.25, 0.3) is 0 Å². The summed E-state index contributed by atoms with van der Waals surface area (Å²) in [4.78, 5) is 0. The number of aromatic nitrogens is 1. The maximum atomic E-state index is 6.57. The molecule has 0 radical (unpaired) electrons. The Morgan fingerprint density at radius 3 is 2.29 bits per heavy atom. The quantitative estimate of drug-likeness (QED) is 0.242. The van der Waals surface area contributed by atoms with Gasteiger partial charge in [-0.15, -0.1) is 0 Å². The van der Waals surface area contributed by atoms with Crippen LogP contribution in [-0.4, -0.2) is 0 Å². The summed E-state index contributed by atoms with van der Waals surface area (Å²) in [5.41, 5.74) is 11.4. The minimum absolute atomic E-state index is 0.180. The largest absolute Gasteiger partial charge is 0.455 e. The van der Waals surface area contributed by atoms with Gasteiger partial charge in [0.2, 0.25) is 5.69 Å². The lowest BCUT2D eigenvalue weighted by atomic mass is 9.63. The van der Waals surface area contributed by atoms with Gasteiger partial charge < -0.3 is 4.42 Å². The molecule has 6 rings (SSSR count). The molecule has 35 heavy (non-hydrogen) atoms. The minimum Gasteiger partial charge on any atom is -0.455 e. The van der Waals surface area contributed by atoms with Gasteiger partial charge >= 0.3 is 0 Å². The Labute approximate surface area is 208 Å². The molecule has 0 spiro atoms. The van der Waals surface area contributed by atoms with E-state index in [2.05, 4.69) is 119 Å². The number of nitrogens with zero attached hydrogens (tertiary/aromatic N) is 1. The Morgan fingerprint density at radius 1 is 0.743 bits per heavy atom. The number of benzene rings is 3. The molecule has 1 aliphatic rings. The van der Waals surface area contributed by atoms with E-state index in [-0.39, 0.29) is 10.8 Å². The Kier molecular flexibility index (Phi) is 4.77. The van der Waals surface area contributed by atoms with E-state index in [9.17, 15) is 0 Å². The van der Waals surface area contributed by atoms with Crippen LogP contribution in [0, 0.1) is 6.92 Å². The number of pyridine rings is 1. The maximum Gasteiger partial charge on any atom is 0.212 e. The highest BCUT2D eigenvalue weighted by Gasteiger charge is 2.37. The molecule has 2 aromatic heterocycles. The summed E-state index contributed by atoms with van der Waals surface area (Å²) in [5, 5.41) is 2.35. The standard InChI is InChI=1S/C33H34NO/c1-21-18-30-26(20-25(21)29-12-7-8-17-34(29)6)24-11-9-10-23(31(24)35-30)22-13-14-27-28(19-22)33(4,5)16-15-32(27,2)3/h7-14,17-20H,15-16H2,1-6H3/q+1. The summed E-state index contributed by atoms with van der Waals surface area (Å²) >= 11 is 0. The predicted octanol–water partition coefficient (Wildman–Crippen LogP) is 8.40. The zero-order chi connectivity index (χ0) is 24.5. The zero-order valence-electron chi connectivity index (χ0n) is 21.7. The molecule has 1 aliphatic carbocycles. The average molecular weight is 461 g/mol. The van der Waals surface area contributed by atoms with Crippen molar-refractivity contribution in [3.63, 3.8) is 0 Å². The second-order valence-corrected chi connectivity index (χ2v) is 11.7. The average Bonchev–Trinajstić information content (AvgIpc) is 3.19. The third-order valence-corrected chi connectivity index (χ3v) is 8.34. The maximum absolute atomic E-state index is 6.57. The number of para-hydroxylation sites is 1. The van der Waals surface area contributed by atoms with Crippen molar-refractivity contribution in [2.75, 3.05) is 0 Å². The fourth-order valence-electron chi connectivity index (χ4n) is 6.01. The number of aryl methyl sites for hydroxylation is 2. The van der Waals surface area contributed by atoms with Crippen LogP contribution in [0.5, 0.6) is 0 Å². The van der Waals surface area contributed by atoms with Gasteiger partial charge in [-0.2, -0.15) is 0 Å². The van der Waals surface area contributed by atoms with E-state index in [4.69, 9.17) is 4.42 Å². The van der Waals surface area contributed by atoms with E-state index in [1.807, 2.05) is 0 Å². The summed E-state index contributed by atoms with van der Waals surface area (Å²) < 4.78 is 8.75. The fraction of sp³-hybridized carbons (Fsp3) is 0.303. The zero-order valence-corrected chi connectivity index (χ0v) is 21.7. The van der Waals surface area contributed by atoms with Gasteiger partial charge in [0.15, 0.2) is 6.20 Å². The van der Waals surface area contributed by atoms with Crippen LogP contribution in [0.2, 0.25) is 0 Å². The molecule has 176 valence electrons. The lowest BCUT2D eigenvalue weighted by Crippen LogP contribution is -2.33. The summed E-state index contributed by atoms with van der Waals surface area (Å²) in [6.45, 7) is 11.7. The summed E-state index contributed by atoms with van der Waals surface area (Å²) in [6, 6.07) is 24.5. The number of furan rings is 1. The van der Waals surface area contributed by atoms with Gasteiger partial charge in [-0.1, -0.05) is 64.1 Å². The second-order valence-electron chi connectivity index (χ2n) is 11.7. The van der Waals surface area contributed by atoms with E-state index in [0.717, 1.165) is 11.2 Å². The van der Waals surface area contributed by atoms with E-state index < -0.39 is 0 Å². The summed E-state index contributed by atoms with van der Waals surface area (Å²) in [5.74, 6) is 0. The number of fused-ring (bicyclic) bond motifs is 4. The molecule has 0 aliphatic heterocycles. The molecule has 3 aromatic carbocycles.